The van der Waals surface area contributed by atoms with Gasteiger partial charge in [0.1, 0.15) is 11.4 Å². The predicted molar refractivity (Wildman–Crippen MR) is 133 cm³/mol. The first-order chi connectivity index (χ1) is 17.3. The SMILES string of the molecule is CCn1cc(C(=O)O)c(=O)c2cc(F)c(N3CCN(Cc4ccc(-c5noc(C)n5)cc4)CC3)cc21. The van der Waals surface area contributed by atoms with Gasteiger partial charge in [-0.2, -0.15) is 4.98 Å². The van der Waals surface area contributed by atoms with Crippen molar-refractivity contribution in [3.05, 3.63) is 75.7 Å². The number of anilines is 1. The number of nitrogens with zero attached hydrogens (tertiary/aromatic N) is 5. The van der Waals surface area contributed by atoms with Crippen LogP contribution >= 0.6 is 0 Å². The molecular formula is C26H26FN5O4. The number of piperazine rings is 1. The van der Waals surface area contributed by atoms with E-state index >= 15 is 4.39 Å². The third-order valence-electron chi connectivity index (χ3n) is 6.58. The third kappa shape index (κ3) is 4.47. The van der Waals surface area contributed by atoms with E-state index in [9.17, 15) is 14.7 Å². The van der Waals surface area contributed by atoms with Crippen molar-refractivity contribution in [2.24, 2.45) is 0 Å². The minimum atomic E-state index is -1.32. The van der Waals surface area contributed by atoms with Crippen LogP contribution < -0.4 is 10.3 Å². The predicted octanol–water partition coefficient (Wildman–Crippen LogP) is 3.54. The van der Waals surface area contributed by atoms with Crippen molar-refractivity contribution in [2.45, 2.75) is 26.9 Å². The minimum Gasteiger partial charge on any atom is -0.477 e. The number of pyridine rings is 1. The molecule has 10 heteroatoms. The summed E-state index contributed by atoms with van der Waals surface area (Å²) in [6.45, 7) is 7.61. The van der Waals surface area contributed by atoms with E-state index in [2.05, 4.69) is 15.0 Å². The lowest BCUT2D eigenvalue weighted by atomic mass is 10.1. The quantitative estimate of drug-likeness (QED) is 0.437. The average molecular weight is 492 g/mol. The molecule has 0 bridgehead atoms. The molecule has 1 saturated heterocycles. The highest BCUT2D eigenvalue weighted by Crippen LogP contribution is 2.27. The van der Waals surface area contributed by atoms with Crippen LogP contribution in [0.3, 0.4) is 0 Å². The number of rotatable bonds is 6. The van der Waals surface area contributed by atoms with Gasteiger partial charge in [-0.25, -0.2) is 9.18 Å². The Morgan fingerprint density at radius 1 is 1.14 bits per heavy atom. The molecule has 4 aromatic rings. The zero-order chi connectivity index (χ0) is 25.4. The fourth-order valence-corrected chi connectivity index (χ4v) is 4.64. The van der Waals surface area contributed by atoms with Crippen LogP contribution in [0.5, 0.6) is 0 Å². The fraction of sp³-hybridized carbons (Fsp3) is 0.308. The monoisotopic (exact) mass is 491 g/mol. The standard InChI is InChI=1S/C26H26FN5O4/c1-3-31-15-20(26(34)35)24(33)19-12-21(27)23(13-22(19)31)32-10-8-30(9-11-32)14-17-4-6-18(7-5-17)25-28-16(2)36-29-25/h4-7,12-13,15H,3,8-11,14H2,1-2H3,(H,34,35). The van der Waals surface area contributed by atoms with Gasteiger partial charge in [-0.3, -0.25) is 9.69 Å². The van der Waals surface area contributed by atoms with Crippen LogP contribution in [0, 0.1) is 12.7 Å². The van der Waals surface area contributed by atoms with Crippen molar-refractivity contribution >= 4 is 22.6 Å². The van der Waals surface area contributed by atoms with E-state index < -0.39 is 17.2 Å². The van der Waals surface area contributed by atoms with Crippen LogP contribution in [0.1, 0.15) is 28.7 Å². The Balaban J connectivity index is 1.30. The summed E-state index contributed by atoms with van der Waals surface area (Å²) < 4.78 is 21.8. The van der Waals surface area contributed by atoms with Gasteiger partial charge < -0.3 is 19.1 Å². The molecule has 0 spiro atoms. The number of hydrogen-bond donors (Lipinski definition) is 1. The first kappa shape index (κ1) is 23.7. The van der Waals surface area contributed by atoms with Crippen molar-refractivity contribution in [1.82, 2.24) is 19.6 Å². The van der Waals surface area contributed by atoms with Crippen molar-refractivity contribution in [3.63, 3.8) is 0 Å². The second kappa shape index (κ2) is 9.54. The Morgan fingerprint density at radius 2 is 1.86 bits per heavy atom. The number of carbonyl (C=O) groups is 1. The van der Waals surface area contributed by atoms with Crippen LogP contribution in [0.25, 0.3) is 22.3 Å². The molecule has 1 aliphatic rings. The first-order valence-corrected chi connectivity index (χ1v) is 11.8. The third-order valence-corrected chi connectivity index (χ3v) is 6.58. The molecule has 1 aliphatic heterocycles. The summed E-state index contributed by atoms with van der Waals surface area (Å²) in [6, 6.07) is 10.9. The second-order valence-corrected chi connectivity index (χ2v) is 8.88. The number of aryl methyl sites for hydroxylation is 2. The Hall–Kier alpha value is -4.05. The number of aromatic nitrogens is 3. The van der Waals surface area contributed by atoms with Gasteiger partial charge in [-0.05, 0) is 24.6 Å². The molecule has 9 nitrogen and oxygen atoms in total. The molecule has 2 aromatic heterocycles. The molecule has 36 heavy (non-hydrogen) atoms. The van der Waals surface area contributed by atoms with Crippen molar-refractivity contribution in [1.29, 1.82) is 0 Å². The lowest BCUT2D eigenvalue weighted by Gasteiger charge is -2.36. The summed E-state index contributed by atoms with van der Waals surface area (Å²) in [6.07, 6.45) is 1.33. The number of carboxylic acid groups (broad SMARTS) is 1. The van der Waals surface area contributed by atoms with Gasteiger partial charge in [0.2, 0.25) is 17.1 Å². The van der Waals surface area contributed by atoms with Crippen molar-refractivity contribution in [2.75, 3.05) is 31.1 Å². The Labute approximate surface area is 206 Å². The van der Waals surface area contributed by atoms with Crippen LogP contribution in [-0.4, -0.2) is 56.9 Å². The molecule has 0 amide bonds. The van der Waals surface area contributed by atoms with E-state index in [4.69, 9.17) is 4.52 Å². The molecule has 1 N–H and O–H groups in total. The van der Waals surface area contributed by atoms with Gasteiger partial charge in [0.25, 0.3) is 0 Å². The smallest absolute Gasteiger partial charge is 0.341 e. The first-order valence-electron chi connectivity index (χ1n) is 11.8. The van der Waals surface area contributed by atoms with Gasteiger partial charge >= 0.3 is 5.97 Å². The maximum atomic E-state index is 15.1. The average Bonchev–Trinajstić information content (AvgIpc) is 3.31. The molecule has 186 valence electrons. The summed E-state index contributed by atoms with van der Waals surface area (Å²) >= 11 is 0. The zero-order valence-corrected chi connectivity index (χ0v) is 20.1. The van der Waals surface area contributed by atoms with Crippen LogP contribution in [-0.2, 0) is 13.1 Å². The van der Waals surface area contributed by atoms with Gasteiger partial charge in [0.05, 0.1) is 11.2 Å². The maximum absolute atomic E-state index is 15.1. The molecule has 5 rings (SSSR count). The summed E-state index contributed by atoms with van der Waals surface area (Å²) in [5, 5.41) is 13.4. The molecule has 0 aliphatic carbocycles. The van der Waals surface area contributed by atoms with E-state index in [0.717, 1.165) is 30.8 Å². The van der Waals surface area contributed by atoms with Gasteiger partial charge in [-0.1, -0.05) is 29.4 Å². The van der Waals surface area contributed by atoms with Gasteiger partial charge in [0.15, 0.2) is 0 Å². The molecule has 0 unspecified atom stereocenters. The van der Waals surface area contributed by atoms with E-state index in [-0.39, 0.29) is 10.9 Å². The number of carboxylic acids is 1. The molecule has 0 radical (unpaired) electrons. The molecule has 0 saturated carbocycles. The van der Waals surface area contributed by atoms with Gasteiger partial charge in [0, 0.05) is 63.3 Å². The number of aromatic carboxylic acids is 1. The normalized spacial score (nSPS) is 14.5. The largest absolute Gasteiger partial charge is 0.477 e. The number of hydrogen-bond acceptors (Lipinski definition) is 7. The topological polar surface area (TPSA) is 105 Å². The molecule has 2 aromatic carbocycles. The minimum absolute atomic E-state index is 0.0797. The van der Waals surface area contributed by atoms with Crippen LogP contribution in [0.2, 0.25) is 0 Å². The second-order valence-electron chi connectivity index (χ2n) is 8.88. The molecule has 1 fully saturated rings. The van der Waals surface area contributed by atoms with Crippen LogP contribution in [0.15, 0.2) is 51.9 Å². The van der Waals surface area contributed by atoms with Crippen molar-refractivity contribution < 1.29 is 18.8 Å². The summed E-state index contributed by atoms with van der Waals surface area (Å²) in [4.78, 5) is 32.6. The Morgan fingerprint density at radius 3 is 2.47 bits per heavy atom. The van der Waals surface area contributed by atoms with Gasteiger partial charge in [-0.15, -0.1) is 0 Å². The number of halogens is 1. The van der Waals surface area contributed by atoms with E-state index in [0.29, 0.717) is 42.6 Å². The maximum Gasteiger partial charge on any atom is 0.341 e. The lowest BCUT2D eigenvalue weighted by Crippen LogP contribution is -2.46. The zero-order valence-electron chi connectivity index (χ0n) is 20.1. The van der Waals surface area contributed by atoms with Crippen LogP contribution in [0.4, 0.5) is 10.1 Å². The van der Waals surface area contributed by atoms with E-state index in [1.807, 2.05) is 36.1 Å². The Bertz CT molecular complexity index is 1490. The lowest BCUT2D eigenvalue weighted by molar-refractivity contribution is 0.0695. The Kier molecular flexibility index (Phi) is 6.27. The van der Waals surface area contributed by atoms with Crippen molar-refractivity contribution in [3.8, 4) is 11.4 Å². The summed E-state index contributed by atoms with van der Waals surface area (Å²) in [7, 11) is 0. The number of fused-ring (bicyclic) bond motifs is 1. The molecule has 0 atom stereocenters. The summed E-state index contributed by atoms with van der Waals surface area (Å²) in [5.74, 6) is -0.745. The molecular weight excluding hydrogens is 465 g/mol. The highest BCUT2D eigenvalue weighted by Gasteiger charge is 2.22. The highest BCUT2D eigenvalue weighted by molar-refractivity contribution is 5.93. The van der Waals surface area contributed by atoms with E-state index in [1.54, 1.807) is 17.6 Å². The highest BCUT2D eigenvalue weighted by atomic mass is 19.1. The summed E-state index contributed by atoms with van der Waals surface area (Å²) in [5.41, 5.74) is 1.98. The fourth-order valence-electron chi connectivity index (χ4n) is 4.64. The molecule has 3 heterocycles. The number of benzene rings is 2. The van der Waals surface area contributed by atoms with E-state index in [1.165, 1.54) is 12.3 Å².